The minimum atomic E-state index is -4.04. The molecule has 3 amide bonds. The summed E-state index contributed by atoms with van der Waals surface area (Å²) < 4.78 is 29.5. The van der Waals surface area contributed by atoms with Gasteiger partial charge in [0.1, 0.15) is 6.04 Å². The summed E-state index contributed by atoms with van der Waals surface area (Å²) in [6, 6.07) is 23.3. The smallest absolute Gasteiger partial charge is 0.321 e. The molecule has 1 saturated carbocycles. The van der Waals surface area contributed by atoms with Crippen molar-refractivity contribution in [3.63, 3.8) is 0 Å². The first kappa shape index (κ1) is 38.9. The van der Waals surface area contributed by atoms with Gasteiger partial charge in [-0.2, -0.15) is 4.31 Å². The molecule has 3 aromatic carbocycles. The van der Waals surface area contributed by atoms with Crippen molar-refractivity contribution in [1.29, 1.82) is 0 Å². The summed E-state index contributed by atoms with van der Waals surface area (Å²) in [5.74, 6) is -0.415. The molecule has 0 bridgehead atoms. The molecule has 0 spiro atoms. The number of hydrogen-bond acceptors (Lipinski definition) is 8. The monoisotopic (exact) mass is 754 g/mol. The third-order valence-corrected chi connectivity index (χ3v) is 12.8. The molecule has 1 saturated heterocycles. The van der Waals surface area contributed by atoms with Gasteiger partial charge in [0.2, 0.25) is 15.9 Å². The maximum atomic E-state index is 14.4. The van der Waals surface area contributed by atoms with E-state index >= 15 is 0 Å². The maximum absolute atomic E-state index is 14.4. The van der Waals surface area contributed by atoms with E-state index in [2.05, 4.69) is 15.5 Å². The number of carbonyl (C=O) groups excluding carboxylic acids is 2. The van der Waals surface area contributed by atoms with Crippen molar-refractivity contribution >= 4 is 39.1 Å². The lowest BCUT2D eigenvalue weighted by Crippen LogP contribution is -2.57. The molecule has 12 nitrogen and oxygen atoms in total. The molecule has 0 unspecified atom stereocenters. The highest BCUT2D eigenvalue weighted by molar-refractivity contribution is 7.89. The minimum Gasteiger partial charge on any atom is -0.411 e. The summed E-state index contributed by atoms with van der Waals surface area (Å²) in [6.07, 6.45) is 5.39. The Labute approximate surface area is 317 Å². The van der Waals surface area contributed by atoms with E-state index in [4.69, 9.17) is 5.21 Å². The van der Waals surface area contributed by atoms with Crippen LogP contribution in [0.25, 0.3) is 10.9 Å². The van der Waals surface area contributed by atoms with Crippen LogP contribution in [0.5, 0.6) is 0 Å². The Morgan fingerprint density at radius 3 is 2.44 bits per heavy atom. The Morgan fingerprint density at radius 1 is 1.04 bits per heavy atom. The summed E-state index contributed by atoms with van der Waals surface area (Å²) in [7, 11) is -4.04. The van der Waals surface area contributed by atoms with Crippen LogP contribution in [-0.2, 0) is 27.8 Å². The second kappa shape index (κ2) is 17.5. The van der Waals surface area contributed by atoms with E-state index in [0.717, 1.165) is 41.3 Å². The number of carbonyl (C=O) groups is 2. The van der Waals surface area contributed by atoms with Crippen LogP contribution in [0.4, 0.5) is 4.79 Å². The number of amides is 3. The molecule has 1 aliphatic carbocycles. The van der Waals surface area contributed by atoms with Gasteiger partial charge in [-0.3, -0.25) is 9.78 Å². The Kier molecular flexibility index (Phi) is 12.6. The fraction of sp³-hybridized carbons (Fsp3) is 0.415. The molecule has 0 radical (unpaired) electrons. The topological polar surface area (TPSA) is 156 Å². The van der Waals surface area contributed by atoms with E-state index in [0.29, 0.717) is 31.6 Å². The number of oxime groups is 1. The molecule has 13 heteroatoms. The number of aliphatic hydroxyl groups is 1. The first-order chi connectivity index (χ1) is 26.1. The molecule has 3 N–H and O–H groups in total. The second-order valence-corrected chi connectivity index (χ2v) is 16.5. The highest BCUT2D eigenvalue weighted by Crippen LogP contribution is 2.30. The lowest BCUT2D eigenvalue weighted by atomic mass is 9.85. The summed E-state index contributed by atoms with van der Waals surface area (Å²) >= 11 is 0. The van der Waals surface area contributed by atoms with Gasteiger partial charge in [0.05, 0.1) is 28.8 Å². The summed E-state index contributed by atoms with van der Waals surface area (Å²) in [5.41, 5.74) is 3.23. The fourth-order valence-corrected chi connectivity index (χ4v) is 8.90. The number of rotatable bonds is 17. The SMILES string of the molecule is CC[C@H](C)[C@@H](C(=O)N[C@@H](Cc1ccccc1)[C@H](O)CN(CC1CCC1)S(=O)(=O)c1ccc(C=NO)cc1)N1CCN(Cc2ccnc3ccccc23)C1=O. The molecule has 2 heterocycles. The molecule has 1 aromatic heterocycles. The minimum absolute atomic E-state index is 0.0569. The Hall–Kier alpha value is -4.85. The van der Waals surface area contributed by atoms with Crippen molar-refractivity contribution in [2.24, 2.45) is 17.0 Å². The van der Waals surface area contributed by atoms with Gasteiger partial charge in [-0.05, 0) is 72.1 Å². The fourth-order valence-electron chi connectivity index (χ4n) is 7.37. The first-order valence-corrected chi connectivity index (χ1v) is 20.2. The van der Waals surface area contributed by atoms with Crippen LogP contribution in [0.15, 0.2) is 101 Å². The number of pyridine rings is 1. The van der Waals surface area contributed by atoms with Crippen LogP contribution < -0.4 is 5.32 Å². The zero-order chi connectivity index (χ0) is 38.2. The van der Waals surface area contributed by atoms with Crippen LogP contribution in [0.3, 0.4) is 0 Å². The van der Waals surface area contributed by atoms with Crippen molar-refractivity contribution in [3.8, 4) is 0 Å². The third-order valence-electron chi connectivity index (χ3n) is 10.9. The van der Waals surface area contributed by atoms with Crippen LogP contribution >= 0.6 is 0 Å². The quantitative estimate of drug-likeness (QED) is 0.0754. The predicted molar refractivity (Wildman–Crippen MR) is 208 cm³/mol. The van der Waals surface area contributed by atoms with Crippen LogP contribution in [0.2, 0.25) is 0 Å². The highest BCUT2D eigenvalue weighted by atomic mass is 32.2. The number of urea groups is 1. The van der Waals surface area contributed by atoms with E-state index in [-0.39, 0.29) is 48.2 Å². The number of benzene rings is 3. The number of nitrogens with one attached hydrogen (secondary N) is 1. The first-order valence-electron chi connectivity index (χ1n) is 18.8. The molecule has 2 aliphatic rings. The van der Waals surface area contributed by atoms with Gasteiger partial charge in [0, 0.05) is 44.3 Å². The van der Waals surface area contributed by atoms with Crippen molar-refractivity contribution in [3.05, 3.63) is 108 Å². The predicted octanol–water partition coefficient (Wildman–Crippen LogP) is 5.27. The number of sulfonamides is 1. The largest absolute Gasteiger partial charge is 0.411 e. The van der Waals surface area contributed by atoms with Crippen LogP contribution in [0.1, 0.15) is 56.2 Å². The van der Waals surface area contributed by atoms with Crippen LogP contribution in [0, 0.1) is 11.8 Å². The second-order valence-electron chi connectivity index (χ2n) is 14.5. The Morgan fingerprint density at radius 2 is 1.76 bits per heavy atom. The number of aliphatic hydroxyl groups excluding tert-OH is 1. The standard InChI is InChI=1S/C41H50N6O6S/c1-3-29(2)39(47-23-22-45(41(47)50)27-33-20-21-42-36-15-8-7-14-35(33)36)40(49)44-37(24-30-10-5-4-6-11-30)38(48)28-46(26-32-12-9-13-32)54(52,53)34-18-16-31(17-19-34)25-43-51/h4-8,10-11,14-21,25,29,32,37-39,48,51H,3,9,12-13,22-24,26-28H2,1-2H3,(H,44,49)/t29-,37-,38+,39-/m0/s1. The zero-order valence-corrected chi connectivity index (χ0v) is 31.7. The highest BCUT2D eigenvalue weighted by Gasteiger charge is 2.41. The van der Waals surface area contributed by atoms with Gasteiger partial charge in [0.25, 0.3) is 0 Å². The molecule has 6 rings (SSSR count). The number of nitrogens with zero attached hydrogens (tertiary/aromatic N) is 5. The number of aromatic nitrogens is 1. The summed E-state index contributed by atoms with van der Waals surface area (Å²) in [6.45, 7) is 5.14. The maximum Gasteiger partial charge on any atom is 0.321 e. The van der Waals surface area contributed by atoms with Crippen LogP contribution in [-0.4, -0.2) is 100 Å². The number of para-hydroxylation sites is 1. The molecular weight excluding hydrogens is 705 g/mol. The lowest BCUT2D eigenvalue weighted by molar-refractivity contribution is -0.128. The zero-order valence-electron chi connectivity index (χ0n) is 30.9. The Balaban J connectivity index is 1.23. The average Bonchev–Trinajstić information content (AvgIpc) is 3.51. The molecular formula is C41H50N6O6S. The van der Waals surface area contributed by atoms with E-state index in [1.165, 1.54) is 22.7 Å². The van der Waals surface area contributed by atoms with Gasteiger partial charge in [-0.15, -0.1) is 0 Å². The molecule has 4 aromatic rings. The van der Waals surface area contributed by atoms with Crippen molar-refractivity contribution in [1.82, 2.24) is 24.4 Å². The third kappa shape index (κ3) is 8.91. The van der Waals surface area contributed by atoms with Gasteiger partial charge < -0.3 is 25.4 Å². The number of fused-ring (bicyclic) bond motifs is 1. The van der Waals surface area contributed by atoms with E-state index < -0.39 is 28.2 Å². The van der Waals surface area contributed by atoms with E-state index in [1.807, 2.05) is 74.5 Å². The average molecular weight is 755 g/mol. The van der Waals surface area contributed by atoms with Gasteiger partial charge in [-0.25, -0.2) is 13.2 Å². The molecule has 286 valence electrons. The Bertz CT molecular complexity index is 2020. The molecule has 1 aliphatic heterocycles. The summed E-state index contributed by atoms with van der Waals surface area (Å²) in [5, 5.41) is 27.9. The molecule has 2 fully saturated rings. The lowest BCUT2D eigenvalue weighted by Gasteiger charge is -2.36. The number of hydrogen-bond donors (Lipinski definition) is 3. The van der Waals surface area contributed by atoms with Crippen molar-refractivity contribution in [2.45, 2.75) is 75.6 Å². The van der Waals surface area contributed by atoms with Crippen molar-refractivity contribution in [2.75, 3.05) is 26.2 Å². The van der Waals surface area contributed by atoms with Gasteiger partial charge >= 0.3 is 6.03 Å². The van der Waals surface area contributed by atoms with Gasteiger partial charge in [0.15, 0.2) is 0 Å². The van der Waals surface area contributed by atoms with Gasteiger partial charge in [-0.1, -0.05) is 92.5 Å². The molecule has 4 atom stereocenters. The normalized spacial score (nSPS) is 17.5. The van der Waals surface area contributed by atoms with E-state index in [1.54, 1.807) is 28.1 Å². The van der Waals surface area contributed by atoms with Crippen molar-refractivity contribution < 1.29 is 28.3 Å². The molecule has 54 heavy (non-hydrogen) atoms. The summed E-state index contributed by atoms with van der Waals surface area (Å²) in [4.78, 5) is 36.4. The van der Waals surface area contributed by atoms with E-state index in [9.17, 15) is 23.1 Å².